The summed E-state index contributed by atoms with van der Waals surface area (Å²) in [5.74, 6) is 1.67. The van der Waals surface area contributed by atoms with Crippen LogP contribution in [0.5, 0.6) is 5.75 Å². The molecule has 1 aliphatic carbocycles. The molecule has 0 radical (unpaired) electrons. The van der Waals surface area contributed by atoms with Gasteiger partial charge in [0.25, 0.3) is 0 Å². The predicted octanol–water partition coefficient (Wildman–Crippen LogP) is 2.33. The second-order valence-electron chi connectivity index (χ2n) is 6.47. The Balaban J connectivity index is 1.88. The number of amidine groups is 1. The van der Waals surface area contributed by atoms with Gasteiger partial charge in [-0.1, -0.05) is 23.2 Å². The van der Waals surface area contributed by atoms with Crippen molar-refractivity contribution in [2.45, 2.75) is 31.2 Å². The molecule has 0 amide bonds. The summed E-state index contributed by atoms with van der Waals surface area (Å²) in [4.78, 5) is 4.79. The van der Waals surface area contributed by atoms with Gasteiger partial charge in [-0.3, -0.25) is 0 Å². The third kappa shape index (κ3) is 2.26. The number of halogens is 1. The second kappa shape index (κ2) is 6.00. The number of ether oxygens (including phenoxy) is 1. The molecular formula is C17H21ClN6O. The van der Waals surface area contributed by atoms with E-state index in [2.05, 4.69) is 27.0 Å². The molecule has 2 aliphatic rings. The van der Waals surface area contributed by atoms with Gasteiger partial charge in [-0.15, -0.1) is 5.10 Å². The summed E-state index contributed by atoms with van der Waals surface area (Å²) in [7, 11) is 5.43. The van der Waals surface area contributed by atoms with Gasteiger partial charge in [0, 0.05) is 13.6 Å². The van der Waals surface area contributed by atoms with Crippen molar-refractivity contribution < 1.29 is 4.74 Å². The lowest BCUT2D eigenvalue weighted by molar-refractivity contribution is 0.338. The number of hydrogen-bond acceptors (Lipinski definition) is 6. The molecule has 4 rings (SSSR count). The third-order valence-electron chi connectivity index (χ3n) is 5.16. The smallest absolute Gasteiger partial charge is 0.146 e. The molecule has 0 saturated heterocycles. The minimum absolute atomic E-state index is 0.0425. The number of nitrogens with one attached hydrogen (secondary N) is 2. The molecule has 1 saturated carbocycles. The zero-order chi connectivity index (χ0) is 17.6. The Morgan fingerprint density at radius 3 is 2.76 bits per heavy atom. The van der Waals surface area contributed by atoms with Crippen LogP contribution in [0.1, 0.15) is 30.5 Å². The molecule has 1 spiro atoms. The van der Waals surface area contributed by atoms with E-state index in [0.29, 0.717) is 23.0 Å². The first kappa shape index (κ1) is 16.4. The molecule has 132 valence electrons. The van der Waals surface area contributed by atoms with Gasteiger partial charge in [0.1, 0.15) is 17.3 Å². The molecule has 1 aliphatic heterocycles. The maximum atomic E-state index is 6.77. The molecule has 8 heteroatoms. The van der Waals surface area contributed by atoms with Crippen molar-refractivity contribution in [3.05, 3.63) is 28.5 Å². The van der Waals surface area contributed by atoms with E-state index < -0.39 is 0 Å². The highest BCUT2D eigenvalue weighted by Crippen LogP contribution is 2.56. The first-order valence-corrected chi connectivity index (χ1v) is 8.76. The van der Waals surface area contributed by atoms with Gasteiger partial charge in [0.15, 0.2) is 0 Å². The van der Waals surface area contributed by atoms with Crippen molar-refractivity contribution in [1.82, 2.24) is 25.6 Å². The normalized spacial score (nSPS) is 17.2. The van der Waals surface area contributed by atoms with Crippen molar-refractivity contribution in [2.24, 2.45) is 4.99 Å². The van der Waals surface area contributed by atoms with Crippen LogP contribution in [0.4, 0.5) is 5.69 Å². The average Bonchev–Trinajstić information content (AvgIpc) is 3.16. The molecule has 2 N–H and O–H groups in total. The Morgan fingerprint density at radius 1 is 1.36 bits per heavy atom. The van der Waals surface area contributed by atoms with Crippen LogP contribution in [0.25, 0.3) is 5.69 Å². The van der Waals surface area contributed by atoms with E-state index in [4.69, 9.17) is 21.3 Å². The van der Waals surface area contributed by atoms with Crippen LogP contribution in [0.15, 0.2) is 17.3 Å². The van der Waals surface area contributed by atoms with E-state index >= 15 is 0 Å². The molecule has 0 atom stereocenters. The standard InChI is InChI=1S/C17H21ClN6O/c1-19-8-10-9-24(23-22-10)15-12(25-3)7-11-14(13(15)18)21-16(20-2)17(11)5-4-6-17/h7,9,19H,4-6,8H2,1-3H3,(H,20,21). The number of benzene rings is 1. The van der Waals surface area contributed by atoms with Crippen molar-refractivity contribution in [1.29, 1.82) is 0 Å². The average molecular weight is 361 g/mol. The largest absolute Gasteiger partial charge is 0.494 e. The zero-order valence-corrected chi connectivity index (χ0v) is 15.3. The molecule has 0 unspecified atom stereocenters. The summed E-state index contributed by atoms with van der Waals surface area (Å²) in [5.41, 5.74) is 3.42. The number of hydrogen-bond donors (Lipinski definition) is 2. The van der Waals surface area contributed by atoms with Gasteiger partial charge in [-0.2, -0.15) is 0 Å². The monoisotopic (exact) mass is 360 g/mol. The summed E-state index contributed by atoms with van der Waals surface area (Å²) in [6.45, 7) is 0.635. The summed E-state index contributed by atoms with van der Waals surface area (Å²) < 4.78 is 7.31. The van der Waals surface area contributed by atoms with Crippen LogP contribution in [-0.4, -0.2) is 42.0 Å². The third-order valence-corrected chi connectivity index (χ3v) is 5.52. The number of fused-ring (bicyclic) bond motifs is 2. The number of likely N-dealkylation sites (N-methyl/N-ethyl adjacent to an activating group) is 1. The minimum Gasteiger partial charge on any atom is -0.494 e. The van der Waals surface area contributed by atoms with Crippen LogP contribution in [0.3, 0.4) is 0 Å². The summed E-state index contributed by atoms with van der Waals surface area (Å²) in [6, 6.07) is 2.06. The van der Waals surface area contributed by atoms with Gasteiger partial charge in [0.05, 0.1) is 35.1 Å². The van der Waals surface area contributed by atoms with Gasteiger partial charge in [-0.05, 0) is 31.5 Å². The molecule has 1 aromatic heterocycles. The van der Waals surface area contributed by atoms with E-state index in [1.165, 1.54) is 6.42 Å². The highest BCUT2D eigenvalue weighted by molar-refractivity contribution is 6.36. The number of aliphatic imine (C=N–C) groups is 1. The SMILES string of the molecule is CNCc1cn(-c2c(OC)cc3c(c2Cl)N=C(NC)C32CCC2)nn1. The van der Waals surface area contributed by atoms with Crippen LogP contribution in [-0.2, 0) is 12.0 Å². The van der Waals surface area contributed by atoms with Crippen LogP contribution < -0.4 is 15.4 Å². The molecule has 2 heterocycles. The van der Waals surface area contributed by atoms with Gasteiger partial charge in [-0.25, -0.2) is 9.67 Å². The van der Waals surface area contributed by atoms with E-state index in [0.717, 1.165) is 35.6 Å². The van der Waals surface area contributed by atoms with Gasteiger partial charge >= 0.3 is 0 Å². The fraction of sp³-hybridized carbons (Fsp3) is 0.471. The second-order valence-corrected chi connectivity index (χ2v) is 6.85. The Hall–Kier alpha value is -2.12. The lowest BCUT2D eigenvalue weighted by Gasteiger charge is -2.40. The van der Waals surface area contributed by atoms with E-state index in [1.807, 2.05) is 20.3 Å². The summed E-state index contributed by atoms with van der Waals surface area (Å²) in [5, 5.41) is 15.2. The number of nitrogens with zero attached hydrogens (tertiary/aromatic N) is 4. The minimum atomic E-state index is -0.0425. The van der Waals surface area contributed by atoms with Crippen LogP contribution in [0.2, 0.25) is 5.02 Å². The lowest BCUT2D eigenvalue weighted by Crippen LogP contribution is -2.45. The molecule has 2 aromatic rings. The Bertz CT molecular complexity index is 855. The highest BCUT2D eigenvalue weighted by atomic mass is 35.5. The van der Waals surface area contributed by atoms with Crippen molar-refractivity contribution >= 4 is 23.1 Å². The maximum absolute atomic E-state index is 6.77. The predicted molar refractivity (Wildman–Crippen MR) is 97.4 cm³/mol. The Morgan fingerprint density at radius 2 is 2.16 bits per heavy atom. The van der Waals surface area contributed by atoms with Crippen LogP contribution in [0, 0.1) is 0 Å². The molecule has 0 bridgehead atoms. The molecule has 1 fully saturated rings. The topological polar surface area (TPSA) is 76.4 Å². The number of methoxy groups -OCH3 is 1. The van der Waals surface area contributed by atoms with Crippen LogP contribution >= 0.6 is 11.6 Å². The first-order chi connectivity index (χ1) is 12.1. The highest BCUT2D eigenvalue weighted by Gasteiger charge is 2.49. The fourth-order valence-corrected chi connectivity index (χ4v) is 4.12. The lowest BCUT2D eigenvalue weighted by atomic mass is 9.64. The first-order valence-electron chi connectivity index (χ1n) is 8.38. The van der Waals surface area contributed by atoms with E-state index in [1.54, 1.807) is 11.8 Å². The van der Waals surface area contributed by atoms with Crippen molar-refractivity contribution in [3.8, 4) is 11.4 Å². The fourth-order valence-electron chi connectivity index (χ4n) is 3.80. The van der Waals surface area contributed by atoms with Crippen molar-refractivity contribution in [2.75, 3.05) is 21.2 Å². The van der Waals surface area contributed by atoms with E-state index in [9.17, 15) is 0 Å². The molecule has 1 aromatic carbocycles. The maximum Gasteiger partial charge on any atom is 0.146 e. The quantitative estimate of drug-likeness (QED) is 0.875. The van der Waals surface area contributed by atoms with E-state index in [-0.39, 0.29) is 5.41 Å². The Kier molecular flexibility index (Phi) is 3.92. The van der Waals surface area contributed by atoms with Crippen molar-refractivity contribution in [3.63, 3.8) is 0 Å². The van der Waals surface area contributed by atoms with Gasteiger partial charge < -0.3 is 15.4 Å². The number of rotatable bonds is 4. The van der Waals surface area contributed by atoms with Gasteiger partial charge in [0.2, 0.25) is 0 Å². The summed E-state index contributed by atoms with van der Waals surface area (Å²) >= 11 is 6.77. The summed E-state index contributed by atoms with van der Waals surface area (Å²) in [6.07, 6.45) is 5.20. The molecular weight excluding hydrogens is 340 g/mol. The zero-order valence-electron chi connectivity index (χ0n) is 14.6. The molecule has 25 heavy (non-hydrogen) atoms. The Labute approximate surface area is 151 Å². The number of aromatic nitrogens is 3. The molecule has 7 nitrogen and oxygen atoms in total.